The van der Waals surface area contributed by atoms with Gasteiger partial charge in [0.25, 0.3) is 0 Å². The molecule has 0 saturated heterocycles. The van der Waals surface area contributed by atoms with E-state index in [1.165, 1.54) is 5.39 Å². The van der Waals surface area contributed by atoms with Gasteiger partial charge in [0.1, 0.15) is 0 Å². The number of hydrogen-bond acceptors (Lipinski definition) is 2. The van der Waals surface area contributed by atoms with Gasteiger partial charge in [-0.25, -0.2) is 0 Å². The maximum absolute atomic E-state index is 4.70. The second kappa shape index (κ2) is 3.81. The summed E-state index contributed by atoms with van der Waals surface area (Å²) in [7, 11) is 0. The van der Waals surface area contributed by atoms with Gasteiger partial charge in [-0.1, -0.05) is 24.3 Å². The van der Waals surface area contributed by atoms with Crippen molar-refractivity contribution in [3.8, 4) is 0 Å². The molecular weight excluding hydrogens is 208 g/mol. The van der Waals surface area contributed by atoms with Crippen LogP contribution in [0.2, 0.25) is 0 Å². The molecule has 3 rings (SSSR count). The van der Waals surface area contributed by atoms with E-state index >= 15 is 0 Å². The molecule has 0 N–H and O–H groups in total. The van der Waals surface area contributed by atoms with Gasteiger partial charge in [-0.2, -0.15) is 0 Å². The monoisotopic (exact) mass is 222 g/mol. The normalized spacial score (nSPS) is 14.9. The molecule has 0 fully saturated rings. The first-order chi connectivity index (χ1) is 8.24. The zero-order valence-electron chi connectivity index (χ0n) is 10.1. The van der Waals surface area contributed by atoms with Gasteiger partial charge in [0, 0.05) is 23.2 Å². The first kappa shape index (κ1) is 10.2. The molecule has 2 aromatic carbocycles. The Morgan fingerprint density at radius 1 is 0.824 bits per heavy atom. The predicted molar refractivity (Wildman–Crippen MR) is 74.1 cm³/mol. The van der Waals surface area contributed by atoms with Crippen LogP contribution in [-0.2, 0) is 0 Å². The van der Waals surface area contributed by atoms with Crippen molar-refractivity contribution in [3.63, 3.8) is 0 Å². The summed E-state index contributed by atoms with van der Waals surface area (Å²) in [5, 5.41) is 2.36. The third kappa shape index (κ3) is 1.76. The van der Waals surface area contributed by atoms with Crippen LogP contribution in [0.4, 0.5) is 11.4 Å². The van der Waals surface area contributed by atoms with E-state index < -0.39 is 0 Å². The van der Waals surface area contributed by atoms with Crippen molar-refractivity contribution in [3.05, 3.63) is 36.4 Å². The summed E-state index contributed by atoms with van der Waals surface area (Å²) in [4.78, 5) is 9.41. The number of rotatable bonds is 0. The van der Waals surface area contributed by atoms with Crippen LogP contribution in [0.5, 0.6) is 0 Å². The number of nitrogens with zero attached hydrogens (tertiary/aromatic N) is 2. The summed E-state index contributed by atoms with van der Waals surface area (Å²) in [6.07, 6.45) is 0.852. The Labute approximate surface area is 101 Å². The molecule has 0 aromatic heterocycles. The highest BCUT2D eigenvalue weighted by atomic mass is 14.8. The van der Waals surface area contributed by atoms with Crippen LogP contribution in [0.3, 0.4) is 0 Å². The largest absolute Gasteiger partial charge is 0.257 e. The summed E-state index contributed by atoms with van der Waals surface area (Å²) >= 11 is 0. The second-order valence-electron chi connectivity index (χ2n) is 4.52. The lowest BCUT2D eigenvalue weighted by Crippen LogP contribution is -2.01. The molecule has 84 valence electrons. The van der Waals surface area contributed by atoms with E-state index in [4.69, 9.17) is 9.98 Å². The zero-order valence-corrected chi connectivity index (χ0v) is 10.1. The van der Waals surface area contributed by atoms with Crippen molar-refractivity contribution in [2.45, 2.75) is 20.3 Å². The molecule has 1 aliphatic heterocycles. The van der Waals surface area contributed by atoms with Crippen LogP contribution in [0.1, 0.15) is 20.3 Å². The molecule has 0 saturated carbocycles. The first-order valence-electron chi connectivity index (χ1n) is 5.84. The van der Waals surface area contributed by atoms with E-state index in [9.17, 15) is 0 Å². The fourth-order valence-corrected chi connectivity index (χ4v) is 2.35. The lowest BCUT2D eigenvalue weighted by atomic mass is 10.1. The van der Waals surface area contributed by atoms with Crippen molar-refractivity contribution in [2.75, 3.05) is 0 Å². The molecular formula is C15H14N2. The Morgan fingerprint density at radius 3 is 1.88 bits per heavy atom. The van der Waals surface area contributed by atoms with E-state index in [0.29, 0.717) is 0 Å². The number of aliphatic imine (C=N–C) groups is 2. The molecule has 0 amide bonds. The van der Waals surface area contributed by atoms with Crippen molar-refractivity contribution < 1.29 is 0 Å². The molecule has 0 radical (unpaired) electrons. The summed E-state index contributed by atoms with van der Waals surface area (Å²) in [5.41, 5.74) is 4.31. The Hall–Kier alpha value is -1.96. The molecule has 1 aliphatic rings. The minimum atomic E-state index is 0.852. The van der Waals surface area contributed by atoms with Crippen molar-refractivity contribution >= 4 is 33.6 Å². The maximum Gasteiger partial charge on any atom is 0.0729 e. The third-order valence-electron chi connectivity index (χ3n) is 3.00. The van der Waals surface area contributed by atoms with Crippen LogP contribution < -0.4 is 0 Å². The zero-order chi connectivity index (χ0) is 11.8. The minimum Gasteiger partial charge on any atom is -0.257 e. The van der Waals surface area contributed by atoms with E-state index in [-0.39, 0.29) is 0 Å². The predicted octanol–water partition coefficient (Wildman–Crippen LogP) is 4.43. The fourth-order valence-electron chi connectivity index (χ4n) is 2.35. The molecule has 2 nitrogen and oxygen atoms in total. The Bertz CT molecular complexity index is 598. The molecule has 0 atom stereocenters. The average molecular weight is 222 g/mol. The van der Waals surface area contributed by atoms with Crippen LogP contribution in [-0.4, -0.2) is 11.4 Å². The van der Waals surface area contributed by atoms with Gasteiger partial charge in [0.15, 0.2) is 0 Å². The van der Waals surface area contributed by atoms with Crippen molar-refractivity contribution in [2.24, 2.45) is 9.98 Å². The van der Waals surface area contributed by atoms with Crippen LogP contribution in [0.25, 0.3) is 10.8 Å². The van der Waals surface area contributed by atoms with Crippen LogP contribution in [0, 0.1) is 0 Å². The second-order valence-corrected chi connectivity index (χ2v) is 4.52. The summed E-state index contributed by atoms with van der Waals surface area (Å²) in [5.74, 6) is 0. The van der Waals surface area contributed by atoms with Gasteiger partial charge in [0.2, 0.25) is 0 Å². The fraction of sp³-hybridized carbons (Fsp3) is 0.200. The quantitative estimate of drug-likeness (QED) is 0.630. The van der Waals surface area contributed by atoms with Crippen molar-refractivity contribution in [1.82, 2.24) is 0 Å². The molecule has 0 bridgehead atoms. The van der Waals surface area contributed by atoms with Gasteiger partial charge in [0.05, 0.1) is 11.4 Å². The molecule has 2 heteroatoms. The maximum atomic E-state index is 4.70. The van der Waals surface area contributed by atoms with Gasteiger partial charge in [-0.05, 0) is 31.4 Å². The molecule has 0 unspecified atom stereocenters. The van der Waals surface area contributed by atoms with E-state index in [1.807, 2.05) is 0 Å². The topological polar surface area (TPSA) is 24.7 Å². The Morgan fingerprint density at radius 2 is 1.35 bits per heavy atom. The van der Waals surface area contributed by atoms with E-state index in [0.717, 1.165) is 34.6 Å². The van der Waals surface area contributed by atoms with Crippen molar-refractivity contribution in [1.29, 1.82) is 0 Å². The van der Waals surface area contributed by atoms with Gasteiger partial charge in [-0.15, -0.1) is 0 Å². The molecule has 0 aliphatic carbocycles. The molecule has 2 aromatic rings. The highest BCUT2D eigenvalue weighted by Crippen LogP contribution is 2.35. The summed E-state index contributed by atoms with van der Waals surface area (Å²) in [6.45, 7) is 4.12. The standard InChI is InChI=1S/C15H14N2/c1-10-9-11(2)17-14-8-4-6-12-5-3-7-13(16-10)15(12)14/h3-8H,9H2,1-2H3. The SMILES string of the molecule is CC1=Nc2cccc3cccc(c23)N=C(C)C1. The first-order valence-corrected chi connectivity index (χ1v) is 5.84. The number of benzene rings is 2. The highest BCUT2D eigenvalue weighted by Gasteiger charge is 2.09. The Balaban J connectivity index is 2.45. The summed E-state index contributed by atoms with van der Waals surface area (Å²) < 4.78 is 0. The summed E-state index contributed by atoms with van der Waals surface area (Å²) in [6, 6.07) is 12.4. The molecule has 1 heterocycles. The minimum absolute atomic E-state index is 0.852. The van der Waals surface area contributed by atoms with E-state index in [1.54, 1.807) is 0 Å². The van der Waals surface area contributed by atoms with Gasteiger partial charge >= 0.3 is 0 Å². The van der Waals surface area contributed by atoms with Crippen LogP contribution in [0.15, 0.2) is 46.4 Å². The lowest BCUT2D eigenvalue weighted by molar-refractivity contribution is 1.36. The number of hydrogen-bond donors (Lipinski definition) is 0. The Kier molecular flexibility index (Phi) is 2.29. The molecule has 17 heavy (non-hydrogen) atoms. The smallest absolute Gasteiger partial charge is 0.0729 e. The molecule has 0 spiro atoms. The average Bonchev–Trinajstić information content (AvgIpc) is 2.27. The lowest BCUT2D eigenvalue weighted by Gasteiger charge is -2.11. The third-order valence-corrected chi connectivity index (χ3v) is 3.00. The van der Waals surface area contributed by atoms with Gasteiger partial charge in [-0.3, -0.25) is 9.98 Å². The van der Waals surface area contributed by atoms with Gasteiger partial charge < -0.3 is 0 Å². The van der Waals surface area contributed by atoms with E-state index in [2.05, 4.69) is 50.2 Å². The van der Waals surface area contributed by atoms with Crippen LogP contribution >= 0.6 is 0 Å². The highest BCUT2D eigenvalue weighted by molar-refractivity contribution is 6.10.